The Hall–Kier alpha value is -3.20. The molecule has 9 heteroatoms. The summed E-state index contributed by atoms with van der Waals surface area (Å²) >= 11 is 1.37. The highest BCUT2D eigenvalue weighted by Crippen LogP contribution is 2.32. The summed E-state index contributed by atoms with van der Waals surface area (Å²) in [6, 6.07) is 11.4. The third-order valence-electron chi connectivity index (χ3n) is 4.40. The lowest BCUT2D eigenvalue weighted by atomic mass is 10.2. The van der Waals surface area contributed by atoms with Crippen LogP contribution in [0.2, 0.25) is 0 Å². The van der Waals surface area contributed by atoms with E-state index in [1.807, 2.05) is 24.3 Å². The number of aryl methyl sites for hydroxylation is 1. The number of hydrogen-bond acceptors (Lipinski definition) is 7. The molecule has 0 aliphatic carbocycles. The van der Waals surface area contributed by atoms with Gasteiger partial charge in [-0.05, 0) is 19.1 Å². The van der Waals surface area contributed by atoms with Crippen molar-refractivity contribution >= 4 is 34.9 Å². The molecule has 1 heterocycles. The number of imidazole rings is 1. The van der Waals surface area contributed by atoms with Gasteiger partial charge in [-0.25, -0.2) is 10.4 Å². The second kappa shape index (κ2) is 10.0. The number of hydrazone groups is 1. The Bertz CT molecular complexity index is 1040. The number of hydrogen-bond donors (Lipinski definition) is 1. The number of carbonyl (C=O) groups is 1. The predicted octanol–water partition coefficient (Wildman–Crippen LogP) is 3.32. The molecule has 0 radical (unpaired) electrons. The molecular weight excluding hydrogens is 404 g/mol. The highest BCUT2D eigenvalue weighted by molar-refractivity contribution is 7.99. The Morgan fingerprint density at radius 1 is 1.17 bits per heavy atom. The highest BCUT2D eigenvalue weighted by atomic mass is 32.2. The van der Waals surface area contributed by atoms with Crippen LogP contribution in [-0.4, -0.2) is 48.8 Å². The van der Waals surface area contributed by atoms with Crippen LogP contribution in [0.3, 0.4) is 0 Å². The quantitative estimate of drug-likeness (QED) is 0.320. The number of para-hydroxylation sites is 2. The van der Waals surface area contributed by atoms with E-state index < -0.39 is 0 Å². The normalized spacial score (nSPS) is 11.1. The third-order valence-corrected chi connectivity index (χ3v) is 5.38. The number of carbonyl (C=O) groups excluding carboxylic acids is 1. The van der Waals surface area contributed by atoms with Gasteiger partial charge in [0.1, 0.15) is 17.2 Å². The predicted molar refractivity (Wildman–Crippen MR) is 118 cm³/mol. The lowest BCUT2D eigenvalue weighted by Crippen LogP contribution is -2.20. The smallest absolute Gasteiger partial charge is 0.250 e. The molecule has 3 aromatic rings. The maximum absolute atomic E-state index is 12.3. The molecule has 0 bridgehead atoms. The summed E-state index contributed by atoms with van der Waals surface area (Å²) in [5, 5.41) is 4.85. The number of aromatic nitrogens is 2. The standard InChI is InChI=1S/C21H24N4O4S/c1-5-25-17-9-7-6-8-16(17)23-21(25)30-13-20(26)24-22-12-15-18(28-3)10-14(27-2)11-19(15)29-4/h6-12H,5,13H2,1-4H3,(H,24,26)/b22-12-. The topological polar surface area (TPSA) is 87.0 Å². The van der Waals surface area contributed by atoms with Crippen LogP contribution in [0, 0.1) is 0 Å². The van der Waals surface area contributed by atoms with Crippen molar-refractivity contribution in [1.29, 1.82) is 0 Å². The number of benzene rings is 2. The Morgan fingerprint density at radius 2 is 1.87 bits per heavy atom. The van der Waals surface area contributed by atoms with Crippen molar-refractivity contribution in [3.05, 3.63) is 42.0 Å². The van der Waals surface area contributed by atoms with E-state index in [0.29, 0.717) is 22.8 Å². The maximum atomic E-state index is 12.3. The van der Waals surface area contributed by atoms with Crippen LogP contribution in [0.25, 0.3) is 11.0 Å². The molecule has 2 aromatic carbocycles. The second-order valence-electron chi connectivity index (χ2n) is 6.15. The van der Waals surface area contributed by atoms with Crippen molar-refractivity contribution in [1.82, 2.24) is 15.0 Å². The van der Waals surface area contributed by atoms with Gasteiger partial charge in [-0.15, -0.1) is 0 Å². The van der Waals surface area contributed by atoms with E-state index in [4.69, 9.17) is 14.2 Å². The van der Waals surface area contributed by atoms with Gasteiger partial charge < -0.3 is 18.8 Å². The number of rotatable bonds is 9. The Morgan fingerprint density at radius 3 is 2.50 bits per heavy atom. The molecule has 0 aliphatic heterocycles. The van der Waals surface area contributed by atoms with Crippen LogP contribution in [0.1, 0.15) is 12.5 Å². The fourth-order valence-electron chi connectivity index (χ4n) is 2.96. The molecule has 30 heavy (non-hydrogen) atoms. The van der Waals surface area contributed by atoms with Crippen LogP contribution >= 0.6 is 11.8 Å². The minimum absolute atomic E-state index is 0.192. The maximum Gasteiger partial charge on any atom is 0.250 e. The molecule has 0 spiro atoms. The number of methoxy groups -OCH3 is 3. The minimum Gasteiger partial charge on any atom is -0.496 e. The zero-order valence-corrected chi connectivity index (χ0v) is 18.2. The van der Waals surface area contributed by atoms with Crippen molar-refractivity contribution in [2.75, 3.05) is 27.1 Å². The van der Waals surface area contributed by atoms with Crippen LogP contribution in [-0.2, 0) is 11.3 Å². The lowest BCUT2D eigenvalue weighted by molar-refractivity contribution is -0.118. The van der Waals surface area contributed by atoms with Crippen LogP contribution < -0.4 is 19.6 Å². The Labute approximate surface area is 179 Å². The van der Waals surface area contributed by atoms with Crippen molar-refractivity contribution < 1.29 is 19.0 Å². The summed E-state index contributed by atoms with van der Waals surface area (Å²) < 4.78 is 18.1. The van der Waals surface area contributed by atoms with Crippen molar-refractivity contribution in [2.24, 2.45) is 5.10 Å². The average Bonchev–Trinajstić information content (AvgIpc) is 3.14. The largest absolute Gasteiger partial charge is 0.496 e. The first-order valence-electron chi connectivity index (χ1n) is 9.31. The summed E-state index contributed by atoms with van der Waals surface area (Å²) in [4.78, 5) is 16.9. The molecule has 1 N–H and O–H groups in total. The van der Waals surface area contributed by atoms with Gasteiger partial charge in [0.05, 0.1) is 49.9 Å². The van der Waals surface area contributed by atoms with E-state index in [2.05, 4.69) is 27.0 Å². The first kappa shape index (κ1) is 21.5. The molecule has 0 saturated carbocycles. The molecule has 158 valence electrons. The van der Waals surface area contributed by atoms with Gasteiger partial charge in [-0.1, -0.05) is 23.9 Å². The van der Waals surface area contributed by atoms with E-state index in [0.717, 1.165) is 22.7 Å². The SMILES string of the molecule is CCn1c(SCC(=O)N/N=C\c2c(OC)cc(OC)cc2OC)nc2ccccc21. The van der Waals surface area contributed by atoms with E-state index in [1.165, 1.54) is 18.0 Å². The number of nitrogens with zero attached hydrogens (tertiary/aromatic N) is 3. The molecule has 3 rings (SSSR count). The van der Waals surface area contributed by atoms with Crippen LogP contribution in [0.15, 0.2) is 46.7 Å². The lowest BCUT2D eigenvalue weighted by Gasteiger charge is -2.12. The molecule has 0 saturated heterocycles. The molecule has 1 aromatic heterocycles. The summed E-state index contributed by atoms with van der Waals surface area (Å²) in [6.45, 7) is 2.83. The summed E-state index contributed by atoms with van der Waals surface area (Å²) in [7, 11) is 4.65. The minimum atomic E-state index is -0.239. The van der Waals surface area contributed by atoms with E-state index in [1.54, 1.807) is 33.5 Å². The highest BCUT2D eigenvalue weighted by Gasteiger charge is 2.13. The third kappa shape index (κ3) is 4.68. The summed E-state index contributed by atoms with van der Waals surface area (Å²) in [5.41, 5.74) is 5.10. The van der Waals surface area contributed by atoms with Gasteiger partial charge in [0.15, 0.2) is 5.16 Å². The molecule has 0 aliphatic rings. The fraction of sp³-hybridized carbons (Fsp3) is 0.286. The van der Waals surface area contributed by atoms with Gasteiger partial charge in [0, 0.05) is 18.7 Å². The molecule has 0 unspecified atom stereocenters. The molecule has 1 amide bonds. The van der Waals surface area contributed by atoms with E-state index in [9.17, 15) is 4.79 Å². The van der Waals surface area contributed by atoms with Gasteiger partial charge in [0.2, 0.25) is 0 Å². The van der Waals surface area contributed by atoms with Crippen molar-refractivity contribution in [3.63, 3.8) is 0 Å². The molecule has 8 nitrogen and oxygen atoms in total. The fourth-order valence-corrected chi connectivity index (χ4v) is 3.83. The molecular formula is C21H24N4O4S. The van der Waals surface area contributed by atoms with Crippen LogP contribution in [0.4, 0.5) is 0 Å². The van der Waals surface area contributed by atoms with Crippen molar-refractivity contribution in [2.45, 2.75) is 18.6 Å². The first-order chi connectivity index (χ1) is 14.6. The monoisotopic (exact) mass is 428 g/mol. The van der Waals surface area contributed by atoms with E-state index in [-0.39, 0.29) is 11.7 Å². The Balaban J connectivity index is 1.66. The van der Waals surface area contributed by atoms with Crippen molar-refractivity contribution in [3.8, 4) is 17.2 Å². The van der Waals surface area contributed by atoms with Gasteiger partial charge in [-0.3, -0.25) is 4.79 Å². The van der Waals surface area contributed by atoms with Crippen LogP contribution in [0.5, 0.6) is 17.2 Å². The number of ether oxygens (including phenoxy) is 3. The first-order valence-corrected chi connectivity index (χ1v) is 10.3. The van der Waals surface area contributed by atoms with Gasteiger partial charge in [-0.2, -0.15) is 5.10 Å². The van der Waals surface area contributed by atoms with E-state index >= 15 is 0 Å². The summed E-state index contributed by atoms with van der Waals surface area (Å²) in [6.07, 6.45) is 1.49. The number of fused-ring (bicyclic) bond motifs is 1. The van der Waals surface area contributed by atoms with Gasteiger partial charge >= 0.3 is 0 Å². The number of nitrogens with one attached hydrogen (secondary N) is 1. The average molecular weight is 429 g/mol. The second-order valence-corrected chi connectivity index (χ2v) is 7.10. The zero-order valence-electron chi connectivity index (χ0n) is 17.3. The zero-order chi connectivity index (χ0) is 21.5. The number of amides is 1. The molecule has 0 fully saturated rings. The molecule has 0 atom stereocenters. The Kier molecular flexibility index (Phi) is 7.18. The number of thioether (sulfide) groups is 1. The van der Waals surface area contributed by atoms with Gasteiger partial charge in [0.25, 0.3) is 5.91 Å². The summed E-state index contributed by atoms with van der Waals surface area (Å²) in [5.74, 6) is 1.60.